The van der Waals surface area contributed by atoms with E-state index < -0.39 is 0 Å². The van der Waals surface area contributed by atoms with Crippen molar-refractivity contribution in [3.05, 3.63) is 0 Å². The van der Waals surface area contributed by atoms with Gasteiger partial charge in [-0.2, -0.15) is 0 Å². The van der Waals surface area contributed by atoms with Crippen LogP contribution in [0.4, 0.5) is 0 Å². The van der Waals surface area contributed by atoms with Crippen molar-refractivity contribution in [3.63, 3.8) is 0 Å². The van der Waals surface area contributed by atoms with Crippen molar-refractivity contribution < 1.29 is 14.3 Å². The molecule has 2 fully saturated rings. The standard InChI is InChI=1S/C14H24N2O3S/c1-15(9-12-3-2-4-12)13(17)10-20-11-14(18)16-5-7-19-8-6-16/h12H,2-11H2,1H3. The van der Waals surface area contributed by atoms with Crippen molar-refractivity contribution in [2.45, 2.75) is 19.3 Å². The van der Waals surface area contributed by atoms with Gasteiger partial charge >= 0.3 is 0 Å². The summed E-state index contributed by atoms with van der Waals surface area (Å²) in [5.41, 5.74) is 0. The van der Waals surface area contributed by atoms with Crippen LogP contribution >= 0.6 is 11.8 Å². The van der Waals surface area contributed by atoms with Crippen molar-refractivity contribution in [2.24, 2.45) is 5.92 Å². The van der Waals surface area contributed by atoms with Crippen LogP contribution in [0.5, 0.6) is 0 Å². The van der Waals surface area contributed by atoms with Crippen LogP contribution in [0.15, 0.2) is 0 Å². The molecule has 2 rings (SSSR count). The van der Waals surface area contributed by atoms with Crippen LogP contribution in [0.3, 0.4) is 0 Å². The highest BCUT2D eigenvalue weighted by atomic mass is 32.2. The smallest absolute Gasteiger partial charge is 0.232 e. The first-order chi connectivity index (χ1) is 9.66. The Bertz CT molecular complexity index is 341. The first kappa shape index (κ1) is 15.6. The van der Waals surface area contributed by atoms with Gasteiger partial charge < -0.3 is 14.5 Å². The van der Waals surface area contributed by atoms with Crippen LogP contribution in [0.25, 0.3) is 0 Å². The lowest BCUT2D eigenvalue weighted by Gasteiger charge is -2.30. The molecule has 1 saturated heterocycles. The minimum absolute atomic E-state index is 0.118. The highest BCUT2D eigenvalue weighted by Gasteiger charge is 2.22. The number of amides is 2. The summed E-state index contributed by atoms with van der Waals surface area (Å²) in [7, 11) is 1.87. The average Bonchev–Trinajstić information content (AvgIpc) is 2.43. The minimum atomic E-state index is 0.118. The number of ether oxygens (including phenoxy) is 1. The van der Waals surface area contributed by atoms with Gasteiger partial charge in [0.2, 0.25) is 11.8 Å². The third-order valence-corrected chi connectivity index (χ3v) is 4.90. The average molecular weight is 300 g/mol. The summed E-state index contributed by atoms with van der Waals surface area (Å²) < 4.78 is 5.22. The maximum absolute atomic E-state index is 11.9. The molecule has 114 valence electrons. The molecule has 0 spiro atoms. The van der Waals surface area contributed by atoms with Crippen molar-refractivity contribution >= 4 is 23.6 Å². The predicted octanol–water partition coefficient (Wildman–Crippen LogP) is 0.837. The zero-order valence-corrected chi connectivity index (χ0v) is 13.0. The van der Waals surface area contributed by atoms with Gasteiger partial charge in [0.25, 0.3) is 0 Å². The fourth-order valence-electron chi connectivity index (χ4n) is 2.40. The number of hydrogen-bond donors (Lipinski definition) is 0. The fraction of sp³-hybridized carbons (Fsp3) is 0.857. The minimum Gasteiger partial charge on any atom is -0.378 e. The molecule has 6 heteroatoms. The van der Waals surface area contributed by atoms with Gasteiger partial charge in [-0.05, 0) is 18.8 Å². The Labute approximate surface area is 125 Å². The second-order valence-electron chi connectivity index (χ2n) is 5.56. The zero-order chi connectivity index (χ0) is 14.4. The molecule has 2 aliphatic rings. The summed E-state index contributed by atoms with van der Waals surface area (Å²) in [4.78, 5) is 27.5. The van der Waals surface area contributed by atoms with E-state index in [4.69, 9.17) is 4.74 Å². The molecule has 1 aliphatic carbocycles. The Balaban J connectivity index is 1.59. The Kier molecular flexibility index (Phi) is 6.16. The topological polar surface area (TPSA) is 49.9 Å². The van der Waals surface area contributed by atoms with Crippen LogP contribution in [0, 0.1) is 5.92 Å². The predicted molar refractivity (Wildman–Crippen MR) is 79.7 cm³/mol. The number of carbonyl (C=O) groups excluding carboxylic acids is 2. The van der Waals surface area contributed by atoms with E-state index in [2.05, 4.69) is 0 Å². The lowest BCUT2D eigenvalue weighted by molar-refractivity contribution is -0.132. The van der Waals surface area contributed by atoms with Crippen molar-refractivity contribution in [3.8, 4) is 0 Å². The van der Waals surface area contributed by atoms with Gasteiger partial charge in [-0.1, -0.05) is 6.42 Å². The molecule has 20 heavy (non-hydrogen) atoms. The number of hydrogen-bond acceptors (Lipinski definition) is 4. The van der Waals surface area contributed by atoms with Gasteiger partial charge in [0.15, 0.2) is 0 Å². The van der Waals surface area contributed by atoms with Gasteiger partial charge in [0.1, 0.15) is 0 Å². The first-order valence-corrected chi connectivity index (χ1v) is 8.49. The van der Waals surface area contributed by atoms with Crippen molar-refractivity contribution in [1.29, 1.82) is 0 Å². The summed E-state index contributed by atoms with van der Waals surface area (Å²) >= 11 is 1.42. The number of thioether (sulfide) groups is 1. The lowest BCUT2D eigenvalue weighted by Crippen LogP contribution is -2.42. The maximum atomic E-state index is 11.9. The second kappa shape index (κ2) is 7.88. The van der Waals surface area contributed by atoms with E-state index in [1.54, 1.807) is 0 Å². The monoisotopic (exact) mass is 300 g/mol. The zero-order valence-electron chi connectivity index (χ0n) is 12.2. The van der Waals surface area contributed by atoms with Crippen LogP contribution in [-0.4, -0.2) is 73.0 Å². The van der Waals surface area contributed by atoms with Crippen LogP contribution in [-0.2, 0) is 14.3 Å². The molecule has 0 radical (unpaired) electrons. The first-order valence-electron chi connectivity index (χ1n) is 7.34. The van der Waals surface area contributed by atoms with Crippen molar-refractivity contribution in [1.82, 2.24) is 9.80 Å². The van der Waals surface area contributed by atoms with Crippen LogP contribution < -0.4 is 0 Å². The number of nitrogens with zero attached hydrogens (tertiary/aromatic N) is 2. The summed E-state index contributed by atoms with van der Waals surface area (Å²) in [5.74, 6) is 1.75. The fourth-order valence-corrected chi connectivity index (χ4v) is 3.26. The van der Waals surface area contributed by atoms with Gasteiger partial charge in [0, 0.05) is 26.7 Å². The third-order valence-electron chi connectivity index (χ3n) is 4.00. The molecule has 0 atom stereocenters. The molecule has 0 unspecified atom stereocenters. The molecule has 0 bridgehead atoms. The molecule has 1 aliphatic heterocycles. The number of morpholine rings is 1. The Morgan fingerprint density at radius 3 is 2.55 bits per heavy atom. The molecule has 1 saturated carbocycles. The lowest BCUT2D eigenvalue weighted by atomic mass is 9.85. The van der Waals surface area contributed by atoms with Gasteiger partial charge in [-0.15, -0.1) is 11.8 Å². The van der Waals surface area contributed by atoms with Crippen LogP contribution in [0.1, 0.15) is 19.3 Å². The van der Waals surface area contributed by atoms with E-state index >= 15 is 0 Å². The molecular formula is C14H24N2O3S. The SMILES string of the molecule is CN(CC1CCC1)C(=O)CSCC(=O)N1CCOCC1. The molecule has 0 aromatic rings. The molecule has 0 N–H and O–H groups in total. The molecular weight excluding hydrogens is 276 g/mol. The Morgan fingerprint density at radius 1 is 1.25 bits per heavy atom. The Hall–Kier alpha value is -0.750. The summed E-state index contributed by atoms with van der Waals surface area (Å²) in [5, 5.41) is 0. The Morgan fingerprint density at radius 2 is 1.95 bits per heavy atom. The van der Waals surface area contributed by atoms with E-state index in [0.29, 0.717) is 43.7 Å². The summed E-state index contributed by atoms with van der Waals surface area (Å²) in [6.07, 6.45) is 3.80. The normalized spacial score (nSPS) is 19.6. The third kappa shape index (κ3) is 4.66. The molecule has 0 aromatic carbocycles. The van der Waals surface area contributed by atoms with Crippen molar-refractivity contribution in [2.75, 3.05) is 51.4 Å². The summed E-state index contributed by atoms with van der Waals surface area (Å²) in [6, 6.07) is 0. The van der Waals surface area contributed by atoms with E-state index in [-0.39, 0.29) is 11.8 Å². The second-order valence-corrected chi connectivity index (χ2v) is 6.54. The van der Waals surface area contributed by atoms with Gasteiger partial charge in [-0.3, -0.25) is 9.59 Å². The van der Waals surface area contributed by atoms with E-state index in [1.807, 2.05) is 16.8 Å². The molecule has 2 amide bonds. The largest absolute Gasteiger partial charge is 0.378 e. The molecule has 0 aromatic heterocycles. The van der Waals surface area contributed by atoms with E-state index in [9.17, 15) is 9.59 Å². The van der Waals surface area contributed by atoms with E-state index in [0.717, 1.165) is 6.54 Å². The highest BCUT2D eigenvalue weighted by molar-refractivity contribution is 8.00. The van der Waals surface area contributed by atoms with Gasteiger partial charge in [0.05, 0.1) is 24.7 Å². The van der Waals surface area contributed by atoms with E-state index in [1.165, 1.54) is 31.0 Å². The molecule has 1 heterocycles. The maximum Gasteiger partial charge on any atom is 0.232 e. The highest BCUT2D eigenvalue weighted by Crippen LogP contribution is 2.26. The number of carbonyl (C=O) groups is 2. The van der Waals surface area contributed by atoms with Crippen LogP contribution in [0.2, 0.25) is 0 Å². The molecule has 5 nitrogen and oxygen atoms in total. The number of rotatable bonds is 6. The van der Waals surface area contributed by atoms with Gasteiger partial charge in [-0.25, -0.2) is 0 Å². The summed E-state index contributed by atoms with van der Waals surface area (Å²) in [6.45, 7) is 3.47. The quantitative estimate of drug-likeness (QED) is 0.729.